The number of aliphatic hydroxyl groups is 1. The summed E-state index contributed by atoms with van der Waals surface area (Å²) < 4.78 is 144. The van der Waals surface area contributed by atoms with Gasteiger partial charge < -0.3 is 10.0 Å². The molecular weight excluding hydrogens is 443 g/mol. The highest BCUT2D eigenvalue weighted by molar-refractivity contribution is 5.54. The first-order valence-corrected chi connectivity index (χ1v) is 8.49. The Labute approximate surface area is 164 Å². The Bertz CT molecular complexity index is 714. The van der Waals surface area contributed by atoms with E-state index >= 15 is 0 Å². The molecule has 0 aliphatic heterocycles. The molecule has 0 bridgehead atoms. The van der Waals surface area contributed by atoms with Crippen LogP contribution in [0.2, 0.25) is 0 Å². The molecule has 174 valence electrons. The number of rotatable bonds is 9. The molecule has 1 atom stereocenters. The second-order valence-corrected chi connectivity index (χ2v) is 6.38. The van der Waals surface area contributed by atoms with E-state index < -0.39 is 48.0 Å². The van der Waals surface area contributed by atoms with Gasteiger partial charge in [0.25, 0.3) is 0 Å². The minimum absolute atomic E-state index is 0.0708. The number of alkyl halides is 11. The number of para-hydroxylation sites is 1. The highest BCUT2D eigenvalue weighted by Gasteiger charge is 2.87. The van der Waals surface area contributed by atoms with Gasteiger partial charge in [0.15, 0.2) is 0 Å². The van der Waals surface area contributed by atoms with E-state index in [1.807, 2.05) is 0 Å². The first-order chi connectivity index (χ1) is 13.4. The van der Waals surface area contributed by atoms with Gasteiger partial charge in [-0.2, -0.15) is 48.3 Å². The summed E-state index contributed by atoms with van der Waals surface area (Å²) in [6.07, 6.45) is -12.3. The van der Waals surface area contributed by atoms with E-state index in [0.29, 0.717) is 0 Å². The average molecular weight is 461 g/mol. The van der Waals surface area contributed by atoms with Crippen molar-refractivity contribution in [2.24, 2.45) is 0 Å². The SMILES string of the molecule is CCN(CC)c1ccccc1C(O)CC(F)(F)C(F)(F)C(F)(F)C(F)(F)C(F)(F)F. The van der Waals surface area contributed by atoms with Crippen LogP contribution in [0.1, 0.15) is 31.9 Å². The van der Waals surface area contributed by atoms with Crippen molar-refractivity contribution in [3.8, 4) is 0 Å². The van der Waals surface area contributed by atoms with E-state index in [1.54, 1.807) is 13.8 Å². The minimum Gasteiger partial charge on any atom is -0.388 e. The Morgan fingerprint density at radius 3 is 1.67 bits per heavy atom. The maximum absolute atomic E-state index is 13.9. The number of aliphatic hydroxyl groups excluding tert-OH is 1. The predicted molar refractivity (Wildman–Crippen MR) is 85.4 cm³/mol. The first kappa shape index (κ1) is 26.2. The predicted octanol–water partition coefficient (Wildman–Crippen LogP) is 6.06. The maximum atomic E-state index is 13.9. The summed E-state index contributed by atoms with van der Waals surface area (Å²) in [6, 6.07) is 4.91. The van der Waals surface area contributed by atoms with Crippen LogP contribution in [0.25, 0.3) is 0 Å². The number of hydrogen-bond acceptors (Lipinski definition) is 2. The van der Waals surface area contributed by atoms with Crippen LogP contribution in [0, 0.1) is 0 Å². The Morgan fingerprint density at radius 1 is 0.767 bits per heavy atom. The molecule has 0 aromatic heterocycles. The molecule has 0 spiro atoms. The van der Waals surface area contributed by atoms with Crippen LogP contribution < -0.4 is 4.90 Å². The highest BCUT2D eigenvalue weighted by Crippen LogP contribution is 2.58. The lowest BCUT2D eigenvalue weighted by Gasteiger charge is -2.38. The van der Waals surface area contributed by atoms with Crippen molar-refractivity contribution in [1.29, 1.82) is 0 Å². The van der Waals surface area contributed by atoms with Crippen molar-refractivity contribution in [1.82, 2.24) is 0 Å². The van der Waals surface area contributed by atoms with Crippen LogP contribution in [0.5, 0.6) is 0 Å². The molecule has 1 aromatic rings. The van der Waals surface area contributed by atoms with E-state index in [4.69, 9.17) is 0 Å². The zero-order valence-corrected chi connectivity index (χ0v) is 15.6. The molecule has 0 saturated heterocycles. The molecule has 2 nitrogen and oxygen atoms in total. The molecule has 0 saturated carbocycles. The van der Waals surface area contributed by atoms with E-state index in [9.17, 15) is 53.4 Å². The second kappa shape index (κ2) is 8.39. The molecule has 0 aliphatic carbocycles. The van der Waals surface area contributed by atoms with Gasteiger partial charge in [0, 0.05) is 30.8 Å². The van der Waals surface area contributed by atoms with Crippen molar-refractivity contribution in [3.05, 3.63) is 29.8 Å². The van der Waals surface area contributed by atoms with Crippen molar-refractivity contribution >= 4 is 5.69 Å². The van der Waals surface area contributed by atoms with E-state index in [0.717, 1.165) is 6.07 Å². The molecule has 0 aliphatic rings. The lowest BCUT2D eigenvalue weighted by Crippen LogP contribution is -2.66. The molecule has 0 amide bonds. The van der Waals surface area contributed by atoms with Gasteiger partial charge in [-0.3, -0.25) is 0 Å². The van der Waals surface area contributed by atoms with Gasteiger partial charge in [0.05, 0.1) is 6.10 Å². The van der Waals surface area contributed by atoms with Crippen LogP contribution in [0.15, 0.2) is 24.3 Å². The first-order valence-electron chi connectivity index (χ1n) is 8.49. The van der Waals surface area contributed by atoms with Crippen LogP contribution in [0.4, 0.5) is 54.0 Å². The third-order valence-corrected chi connectivity index (χ3v) is 4.45. The number of halogens is 11. The fraction of sp³-hybridized carbons (Fsp3) is 0.647. The monoisotopic (exact) mass is 461 g/mol. The fourth-order valence-corrected chi connectivity index (χ4v) is 2.71. The summed E-state index contributed by atoms with van der Waals surface area (Å²) in [5, 5.41) is 9.97. The minimum atomic E-state index is -7.49. The van der Waals surface area contributed by atoms with Gasteiger partial charge in [0.1, 0.15) is 0 Å². The second-order valence-electron chi connectivity index (χ2n) is 6.38. The molecule has 1 unspecified atom stereocenters. The summed E-state index contributed by atoms with van der Waals surface area (Å²) in [5.41, 5.74) is -0.343. The van der Waals surface area contributed by atoms with Crippen LogP contribution in [-0.4, -0.2) is 48.1 Å². The Morgan fingerprint density at radius 2 is 1.23 bits per heavy atom. The van der Waals surface area contributed by atoms with Gasteiger partial charge >= 0.3 is 29.9 Å². The van der Waals surface area contributed by atoms with Crippen LogP contribution >= 0.6 is 0 Å². The van der Waals surface area contributed by atoms with E-state index in [-0.39, 0.29) is 18.8 Å². The molecule has 0 heterocycles. The summed E-state index contributed by atoms with van der Waals surface area (Å²) in [4.78, 5) is 1.49. The summed E-state index contributed by atoms with van der Waals surface area (Å²) in [7, 11) is 0. The van der Waals surface area contributed by atoms with Crippen molar-refractivity contribution in [2.75, 3.05) is 18.0 Å². The molecule has 0 radical (unpaired) electrons. The van der Waals surface area contributed by atoms with E-state index in [1.165, 1.54) is 23.1 Å². The molecule has 0 fully saturated rings. The lowest BCUT2D eigenvalue weighted by atomic mass is 9.92. The largest absolute Gasteiger partial charge is 0.460 e. The third kappa shape index (κ3) is 4.30. The molecular formula is C17H18F11NO. The summed E-state index contributed by atoms with van der Waals surface area (Å²) >= 11 is 0. The molecule has 1 N–H and O–H groups in total. The molecule has 1 rings (SSSR count). The van der Waals surface area contributed by atoms with Crippen LogP contribution in [0.3, 0.4) is 0 Å². The smallest absolute Gasteiger partial charge is 0.388 e. The molecule has 1 aromatic carbocycles. The van der Waals surface area contributed by atoms with Gasteiger partial charge in [-0.25, -0.2) is 0 Å². The maximum Gasteiger partial charge on any atom is 0.460 e. The number of nitrogens with zero attached hydrogens (tertiary/aromatic N) is 1. The molecule has 30 heavy (non-hydrogen) atoms. The lowest BCUT2D eigenvalue weighted by molar-refractivity contribution is -0.423. The topological polar surface area (TPSA) is 23.5 Å². The Kier molecular flexibility index (Phi) is 7.34. The molecule has 13 heteroatoms. The van der Waals surface area contributed by atoms with Crippen molar-refractivity contribution in [2.45, 2.75) is 56.2 Å². The van der Waals surface area contributed by atoms with Crippen LogP contribution in [-0.2, 0) is 0 Å². The zero-order valence-electron chi connectivity index (χ0n) is 15.6. The number of hydrogen-bond donors (Lipinski definition) is 1. The van der Waals surface area contributed by atoms with Crippen molar-refractivity contribution < 1.29 is 53.4 Å². The quantitative estimate of drug-likeness (QED) is 0.452. The Hall–Kier alpha value is -1.79. The van der Waals surface area contributed by atoms with Gasteiger partial charge in [-0.05, 0) is 19.9 Å². The standard InChI is InChI=1S/C17H18F11NO/c1-3-29(4-2)11-8-6-5-7-10(11)12(30)9-13(18,19)14(20,21)15(22,23)16(24,25)17(26,27)28/h5-8,12,30H,3-4,9H2,1-2H3. The summed E-state index contributed by atoms with van der Waals surface area (Å²) in [6.45, 7) is 3.77. The summed E-state index contributed by atoms with van der Waals surface area (Å²) in [5.74, 6) is -28.2. The van der Waals surface area contributed by atoms with Crippen molar-refractivity contribution in [3.63, 3.8) is 0 Å². The average Bonchev–Trinajstić information content (AvgIpc) is 2.61. The fourth-order valence-electron chi connectivity index (χ4n) is 2.71. The normalized spacial score (nSPS) is 15.3. The highest BCUT2D eigenvalue weighted by atomic mass is 19.4. The number of anilines is 1. The zero-order chi connectivity index (χ0) is 23.8. The van der Waals surface area contributed by atoms with Gasteiger partial charge in [0.2, 0.25) is 0 Å². The van der Waals surface area contributed by atoms with Gasteiger partial charge in [-0.15, -0.1) is 0 Å². The number of benzene rings is 1. The van der Waals surface area contributed by atoms with E-state index in [2.05, 4.69) is 0 Å². The van der Waals surface area contributed by atoms with Gasteiger partial charge in [-0.1, -0.05) is 18.2 Å². The third-order valence-electron chi connectivity index (χ3n) is 4.45. The Balaban J connectivity index is 3.34.